The molecule has 1 heterocycles. The van der Waals surface area contributed by atoms with Gasteiger partial charge in [0.25, 0.3) is 0 Å². The van der Waals surface area contributed by atoms with Crippen molar-refractivity contribution in [1.29, 1.82) is 0 Å². The van der Waals surface area contributed by atoms with Crippen molar-refractivity contribution in [3.8, 4) is 0 Å². The number of epoxide rings is 1. The molecule has 1 aromatic rings. The summed E-state index contributed by atoms with van der Waals surface area (Å²) in [6.45, 7) is 3.67. The van der Waals surface area contributed by atoms with Crippen LogP contribution in [0.25, 0.3) is 0 Å². The van der Waals surface area contributed by atoms with Gasteiger partial charge in [0.15, 0.2) is 5.78 Å². The van der Waals surface area contributed by atoms with E-state index in [0.717, 1.165) is 18.4 Å². The zero-order valence-corrected chi connectivity index (χ0v) is 16.4. The summed E-state index contributed by atoms with van der Waals surface area (Å²) in [7, 11) is 0. The number of nitrogens with two attached hydrogens (primary N) is 1. The summed E-state index contributed by atoms with van der Waals surface area (Å²) in [5.41, 5.74) is 5.74. The maximum absolute atomic E-state index is 13.0. The van der Waals surface area contributed by atoms with Crippen molar-refractivity contribution < 1.29 is 19.1 Å². The molecule has 7 heteroatoms. The number of hydrogen-bond donors (Lipinski definition) is 3. The summed E-state index contributed by atoms with van der Waals surface area (Å²) in [5.74, 6) is -0.436. The number of rotatable bonds is 10. The molecule has 4 atom stereocenters. The summed E-state index contributed by atoms with van der Waals surface area (Å²) in [5, 5.41) is 5.60. The number of carbonyl (C=O) groups is 3. The maximum atomic E-state index is 13.0. The molecule has 7 nitrogen and oxygen atoms in total. The van der Waals surface area contributed by atoms with Crippen LogP contribution in [0.5, 0.6) is 0 Å². The third-order valence-electron chi connectivity index (χ3n) is 5.33. The second kappa shape index (κ2) is 8.41. The van der Waals surface area contributed by atoms with E-state index >= 15 is 0 Å². The molecule has 3 rings (SSSR count). The lowest BCUT2D eigenvalue weighted by molar-refractivity contribution is -0.133. The quantitative estimate of drug-likeness (QED) is 0.512. The van der Waals surface area contributed by atoms with Gasteiger partial charge in [0.1, 0.15) is 11.6 Å². The van der Waals surface area contributed by atoms with Crippen LogP contribution >= 0.6 is 0 Å². The maximum Gasteiger partial charge on any atom is 0.243 e. The molecule has 0 bridgehead atoms. The molecule has 4 N–H and O–H groups in total. The van der Waals surface area contributed by atoms with Crippen molar-refractivity contribution in [2.45, 2.75) is 63.3 Å². The summed E-state index contributed by atoms with van der Waals surface area (Å²) >= 11 is 0. The van der Waals surface area contributed by atoms with Gasteiger partial charge in [-0.05, 0) is 38.2 Å². The van der Waals surface area contributed by atoms with Crippen LogP contribution in [0.2, 0.25) is 0 Å². The van der Waals surface area contributed by atoms with E-state index in [2.05, 4.69) is 10.6 Å². The predicted octanol–water partition coefficient (Wildman–Crippen LogP) is 0.704. The number of amides is 2. The van der Waals surface area contributed by atoms with Crippen molar-refractivity contribution in [1.82, 2.24) is 10.6 Å². The van der Waals surface area contributed by atoms with E-state index in [1.165, 1.54) is 0 Å². The van der Waals surface area contributed by atoms with Crippen molar-refractivity contribution in [3.63, 3.8) is 0 Å². The van der Waals surface area contributed by atoms with E-state index in [1.54, 1.807) is 13.8 Å². The van der Waals surface area contributed by atoms with E-state index in [-0.39, 0.29) is 17.6 Å². The zero-order chi connectivity index (χ0) is 20.3. The molecule has 1 saturated carbocycles. The molecule has 2 amide bonds. The lowest BCUT2D eigenvalue weighted by Crippen LogP contribution is -2.55. The summed E-state index contributed by atoms with van der Waals surface area (Å²) in [4.78, 5) is 37.9. The van der Waals surface area contributed by atoms with Crippen LogP contribution in [0.1, 0.15) is 38.7 Å². The number of carbonyl (C=O) groups excluding carboxylic acids is 3. The van der Waals surface area contributed by atoms with E-state index in [1.807, 2.05) is 30.3 Å². The molecule has 0 unspecified atom stereocenters. The SMILES string of the molecule is C[C@H](N)C(=O)N[C@@H](CC1CC1)C(=O)N[C@@H](Cc1ccccc1)C(=O)[C@]1(C)CO1. The number of Topliss-reactive ketones (excluding diaryl/α,β-unsaturated/α-hetero) is 1. The van der Waals surface area contributed by atoms with E-state index in [9.17, 15) is 14.4 Å². The number of ketones is 1. The minimum Gasteiger partial charge on any atom is -0.361 e. The third-order valence-corrected chi connectivity index (χ3v) is 5.33. The Morgan fingerprint density at radius 1 is 1.14 bits per heavy atom. The smallest absolute Gasteiger partial charge is 0.243 e. The highest BCUT2D eigenvalue weighted by molar-refractivity contribution is 5.98. The molecular weight excluding hydrogens is 358 g/mol. The van der Waals surface area contributed by atoms with E-state index < -0.39 is 23.7 Å². The molecule has 0 aromatic heterocycles. The first-order valence-corrected chi connectivity index (χ1v) is 9.87. The lowest BCUT2D eigenvalue weighted by atomic mass is 9.94. The minimum absolute atomic E-state index is 0.145. The molecule has 152 valence electrons. The fourth-order valence-corrected chi connectivity index (χ4v) is 3.17. The molecule has 2 fully saturated rings. The number of benzene rings is 1. The zero-order valence-electron chi connectivity index (χ0n) is 16.4. The number of hydrogen-bond acceptors (Lipinski definition) is 5. The van der Waals surface area contributed by atoms with Gasteiger partial charge in [-0.3, -0.25) is 14.4 Å². The van der Waals surface area contributed by atoms with E-state index in [0.29, 0.717) is 25.4 Å². The van der Waals surface area contributed by atoms with Gasteiger partial charge in [-0.2, -0.15) is 0 Å². The van der Waals surface area contributed by atoms with Gasteiger partial charge < -0.3 is 21.1 Å². The Hall–Kier alpha value is -2.25. The normalized spacial score (nSPS) is 24.0. The molecule has 0 spiro atoms. The van der Waals surface area contributed by atoms with Crippen LogP contribution in [0, 0.1) is 5.92 Å². The van der Waals surface area contributed by atoms with Gasteiger partial charge in [0, 0.05) is 0 Å². The predicted molar refractivity (Wildman–Crippen MR) is 104 cm³/mol. The summed E-state index contributed by atoms with van der Waals surface area (Å²) < 4.78 is 5.30. The average molecular weight is 387 g/mol. The van der Waals surface area contributed by atoms with Gasteiger partial charge in [0.2, 0.25) is 11.8 Å². The number of ether oxygens (including phenoxy) is 1. The molecular formula is C21H29N3O4. The first-order valence-electron chi connectivity index (χ1n) is 9.87. The molecule has 1 aliphatic heterocycles. The van der Waals surface area contributed by atoms with Crippen LogP contribution < -0.4 is 16.4 Å². The van der Waals surface area contributed by atoms with Crippen molar-refractivity contribution in [2.75, 3.05) is 6.61 Å². The Labute approximate surface area is 165 Å². The first-order chi connectivity index (χ1) is 13.3. The first kappa shape index (κ1) is 20.5. The van der Waals surface area contributed by atoms with Crippen molar-refractivity contribution in [2.24, 2.45) is 11.7 Å². The Balaban J connectivity index is 1.71. The Kier molecular flexibility index (Phi) is 6.15. The molecule has 1 aromatic carbocycles. The highest BCUT2D eigenvalue weighted by Gasteiger charge is 2.50. The largest absolute Gasteiger partial charge is 0.361 e. The fourth-order valence-electron chi connectivity index (χ4n) is 3.17. The Bertz CT molecular complexity index is 726. The van der Waals surface area contributed by atoms with Gasteiger partial charge >= 0.3 is 0 Å². The molecule has 1 saturated heterocycles. The van der Waals surface area contributed by atoms with Crippen LogP contribution in [0.3, 0.4) is 0 Å². The number of nitrogens with one attached hydrogen (secondary N) is 2. The monoisotopic (exact) mass is 387 g/mol. The highest BCUT2D eigenvalue weighted by atomic mass is 16.6. The van der Waals surface area contributed by atoms with Crippen LogP contribution in [0.4, 0.5) is 0 Å². The van der Waals surface area contributed by atoms with Crippen molar-refractivity contribution >= 4 is 17.6 Å². The second-order valence-corrected chi connectivity index (χ2v) is 8.16. The van der Waals surface area contributed by atoms with Gasteiger partial charge in [-0.1, -0.05) is 43.2 Å². The van der Waals surface area contributed by atoms with Gasteiger partial charge in [-0.15, -0.1) is 0 Å². The lowest BCUT2D eigenvalue weighted by Gasteiger charge is -2.24. The van der Waals surface area contributed by atoms with Gasteiger partial charge in [-0.25, -0.2) is 0 Å². The summed E-state index contributed by atoms with van der Waals surface area (Å²) in [6.07, 6.45) is 3.04. The van der Waals surface area contributed by atoms with Crippen LogP contribution in [-0.4, -0.2) is 47.9 Å². The topological polar surface area (TPSA) is 114 Å². The molecule has 0 radical (unpaired) electrons. The van der Waals surface area contributed by atoms with Crippen LogP contribution in [-0.2, 0) is 25.5 Å². The molecule has 1 aliphatic carbocycles. The Morgan fingerprint density at radius 3 is 2.29 bits per heavy atom. The fraction of sp³-hybridized carbons (Fsp3) is 0.571. The standard InChI is InChI=1S/C21H29N3O4/c1-13(22)19(26)24-17(11-15-8-9-15)20(27)23-16(18(25)21(2)12-28-21)10-14-6-4-3-5-7-14/h3-7,13,15-17H,8-12,22H2,1-2H3,(H,23,27)(H,24,26)/t13-,16-,17-,21-/m0/s1. The van der Waals surface area contributed by atoms with Gasteiger partial charge in [0.05, 0.1) is 18.7 Å². The second-order valence-electron chi connectivity index (χ2n) is 8.16. The third kappa shape index (κ3) is 5.39. The Morgan fingerprint density at radius 2 is 1.75 bits per heavy atom. The van der Waals surface area contributed by atoms with Crippen LogP contribution in [0.15, 0.2) is 30.3 Å². The molecule has 2 aliphatic rings. The summed E-state index contributed by atoms with van der Waals surface area (Å²) in [6, 6.07) is 7.43. The highest BCUT2D eigenvalue weighted by Crippen LogP contribution is 2.34. The average Bonchev–Trinajstić information content (AvgIpc) is 3.59. The van der Waals surface area contributed by atoms with Crippen molar-refractivity contribution in [3.05, 3.63) is 35.9 Å². The van der Waals surface area contributed by atoms with E-state index in [4.69, 9.17) is 10.5 Å². The molecule has 28 heavy (non-hydrogen) atoms. The minimum atomic E-state index is -0.840.